The smallest absolute Gasteiger partial charge is 0.240 e. The van der Waals surface area contributed by atoms with E-state index < -0.39 is 0 Å². The fourth-order valence-corrected chi connectivity index (χ4v) is 2.18. The monoisotopic (exact) mass is 168 g/mol. The van der Waals surface area contributed by atoms with E-state index in [-0.39, 0.29) is 11.4 Å². The Morgan fingerprint density at radius 2 is 2.00 bits per heavy atom. The summed E-state index contributed by atoms with van der Waals surface area (Å²) < 4.78 is 0. The zero-order chi connectivity index (χ0) is 8.77. The van der Waals surface area contributed by atoms with Crippen molar-refractivity contribution in [1.29, 1.82) is 0 Å². The van der Waals surface area contributed by atoms with Crippen LogP contribution in [0.3, 0.4) is 0 Å². The molecule has 1 amide bonds. The van der Waals surface area contributed by atoms with Gasteiger partial charge in [-0.15, -0.1) is 0 Å². The maximum absolute atomic E-state index is 11.5. The van der Waals surface area contributed by atoms with Crippen LogP contribution < -0.4 is 10.6 Å². The van der Waals surface area contributed by atoms with Crippen LogP contribution in [-0.4, -0.2) is 23.5 Å². The Morgan fingerprint density at radius 1 is 1.33 bits per heavy atom. The van der Waals surface area contributed by atoms with E-state index in [9.17, 15) is 4.79 Å². The number of hydrogen-bond donors (Lipinski definition) is 2. The van der Waals surface area contributed by atoms with E-state index in [1.165, 1.54) is 12.8 Å². The minimum atomic E-state index is -0.370. The fourth-order valence-electron chi connectivity index (χ4n) is 2.18. The van der Waals surface area contributed by atoms with Crippen molar-refractivity contribution in [1.82, 2.24) is 10.6 Å². The minimum absolute atomic E-state index is 0.144. The molecule has 2 atom stereocenters. The number of rotatable bonds is 0. The van der Waals surface area contributed by atoms with Gasteiger partial charge in [-0.25, -0.2) is 0 Å². The zero-order valence-corrected chi connectivity index (χ0v) is 7.68. The molecule has 1 aliphatic heterocycles. The van der Waals surface area contributed by atoms with Gasteiger partial charge in [-0.2, -0.15) is 0 Å². The summed E-state index contributed by atoms with van der Waals surface area (Å²) in [5.74, 6) is 0.144. The molecule has 3 heteroatoms. The van der Waals surface area contributed by atoms with Crippen molar-refractivity contribution < 1.29 is 4.79 Å². The molecule has 0 spiro atoms. The van der Waals surface area contributed by atoms with Crippen molar-refractivity contribution in [3.63, 3.8) is 0 Å². The van der Waals surface area contributed by atoms with E-state index in [0.29, 0.717) is 12.1 Å². The van der Waals surface area contributed by atoms with E-state index in [0.717, 1.165) is 6.42 Å². The molecule has 0 aromatic heterocycles. The van der Waals surface area contributed by atoms with Crippen molar-refractivity contribution in [2.75, 3.05) is 0 Å². The first kappa shape index (κ1) is 8.05. The lowest BCUT2D eigenvalue weighted by Crippen LogP contribution is -2.67. The second kappa shape index (κ2) is 2.46. The molecule has 1 saturated heterocycles. The molecule has 12 heavy (non-hydrogen) atoms. The Labute approximate surface area is 72.9 Å². The Bertz CT molecular complexity index is 213. The Morgan fingerprint density at radius 3 is 2.75 bits per heavy atom. The number of fused-ring (bicyclic) bond motifs is 1. The number of piperazine rings is 1. The lowest BCUT2D eigenvalue weighted by molar-refractivity contribution is -0.129. The van der Waals surface area contributed by atoms with Gasteiger partial charge in [0.2, 0.25) is 5.91 Å². The second-order valence-electron chi connectivity index (χ2n) is 4.39. The summed E-state index contributed by atoms with van der Waals surface area (Å²) >= 11 is 0. The predicted molar refractivity (Wildman–Crippen MR) is 46.8 cm³/mol. The summed E-state index contributed by atoms with van der Waals surface area (Å²) in [7, 11) is 0. The van der Waals surface area contributed by atoms with Gasteiger partial charge in [0.05, 0.1) is 5.54 Å². The summed E-state index contributed by atoms with van der Waals surface area (Å²) in [6.45, 7) is 3.88. The first-order valence-electron chi connectivity index (χ1n) is 4.68. The van der Waals surface area contributed by atoms with Crippen molar-refractivity contribution in [2.45, 2.75) is 50.7 Å². The predicted octanol–water partition coefficient (Wildman–Crippen LogP) is 0.405. The minimum Gasteiger partial charge on any atom is -0.350 e. The van der Waals surface area contributed by atoms with Crippen LogP contribution in [0.4, 0.5) is 0 Å². The van der Waals surface area contributed by atoms with Crippen LogP contribution in [0.2, 0.25) is 0 Å². The third-order valence-electron chi connectivity index (χ3n) is 2.95. The molecule has 2 rings (SSSR count). The normalized spacial score (nSPS) is 39.0. The quantitative estimate of drug-likeness (QED) is 0.550. The highest BCUT2D eigenvalue weighted by Gasteiger charge is 2.41. The van der Waals surface area contributed by atoms with E-state index in [2.05, 4.69) is 10.6 Å². The van der Waals surface area contributed by atoms with Crippen molar-refractivity contribution in [2.24, 2.45) is 0 Å². The SMILES string of the molecule is CC1(C)NC2CCCC2NC1=O. The molecule has 3 nitrogen and oxygen atoms in total. The zero-order valence-electron chi connectivity index (χ0n) is 7.68. The van der Waals surface area contributed by atoms with Crippen molar-refractivity contribution in [3.05, 3.63) is 0 Å². The Hall–Kier alpha value is -0.570. The van der Waals surface area contributed by atoms with Gasteiger partial charge in [0, 0.05) is 12.1 Å². The maximum Gasteiger partial charge on any atom is 0.240 e. The van der Waals surface area contributed by atoms with Crippen molar-refractivity contribution >= 4 is 5.91 Å². The number of nitrogens with one attached hydrogen (secondary N) is 2. The van der Waals surface area contributed by atoms with Gasteiger partial charge in [-0.05, 0) is 33.1 Å². The summed E-state index contributed by atoms with van der Waals surface area (Å²) in [6, 6.07) is 0.906. The summed E-state index contributed by atoms with van der Waals surface area (Å²) in [5.41, 5.74) is -0.370. The summed E-state index contributed by atoms with van der Waals surface area (Å²) in [5, 5.41) is 6.46. The molecule has 1 saturated carbocycles. The van der Waals surface area contributed by atoms with Crippen LogP contribution in [0, 0.1) is 0 Å². The standard InChI is InChI=1S/C9H16N2O/c1-9(2)8(12)10-6-4-3-5-7(6)11-9/h6-7,11H,3-5H2,1-2H3,(H,10,12). The Kier molecular flexibility index (Phi) is 1.65. The number of carbonyl (C=O) groups is 1. The molecule has 1 heterocycles. The van der Waals surface area contributed by atoms with E-state index >= 15 is 0 Å². The average Bonchev–Trinajstić information content (AvgIpc) is 2.35. The molecule has 2 fully saturated rings. The molecular formula is C9H16N2O. The molecule has 2 N–H and O–H groups in total. The molecular weight excluding hydrogens is 152 g/mol. The van der Waals surface area contributed by atoms with Gasteiger partial charge < -0.3 is 5.32 Å². The summed E-state index contributed by atoms with van der Waals surface area (Å²) in [6.07, 6.45) is 3.58. The molecule has 0 aromatic rings. The van der Waals surface area contributed by atoms with E-state index in [1.807, 2.05) is 13.8 Å². The van der Waals surface area contributed by atoms with Crippen LogP contribution in [0.25, 0.3) is 0 Å². The molecule has 0 bridgehead atoms. The van der Waals surface area contributed by atoms with Crippen molar-refractivity contribution in [3.8, 4) is 0 Å². The van der Waals surface area contributed by atoms with Gasteiger partial charge >= 0.3 is 0 Å². The van der Waals surface area contributed by atoms with E-state index in [4.69, 9.17) is 0 Å². The molecule has 0 aromatic carbocycles. The first-order chi connectivity index (χ1) is 5.59. The highest BCUT2D eigenvalue weighted by Crippen LogP contribution is 2.25. The Balaban J connectivity index is 2.14. The highest BCUT2D eigenvalue weighted by molar-refractivity contribution is 5.86. The fraction of sp³-hybridized carbons (Fsp3) is 0.889. The molecule has 2 aliphatic rings. The van der Waals surface area contributed by atoms with E-state index in [1.54, 1.807) is 0 Å². The first-order valence-corrected chi connectivity index (χ1v) is 4.68. The molecule has 1 aliphatic carbocycles. The van der Waals surface area contributed by atoms with Crippen LogP contribution >= 0.6 is 0 Å². The summed E-state index contributed by atoms with van der Waals surface area (Å²) in [4.78, 5) is 11.5. The second-order valence-corrected chi connectivity index (χ2v) is 4.39. The lowest BCUT2D eigenvalue weighted by atomic mass is 9.96. The lowest BCUT2D eigenvalue weighted by Gasteiger charge is -2.38. The van der Waals surface area contributed by atoms with Gasteiger partial charge in [0.15, 0.2) is 0 Å². The largest absolute Gasteiger partial charge is 0.350 e. The number of hydrogen-bond acceptors (Lipinski definition) is 2. The molecule has 68 valence electrons. The van der Waals surface area contributed by atoms with Crippen LogP contribution in [0.15, 0.2) is 0 Å². The van der Waals surface area contributed by atoms with Gasteiger partial charge in [-0.1, -0.05) is 0 Å². The highest BCUT2D eigenvalue weighted by atomic mass is 16.2. The third-order valence-corrected chi connectivity index (χ3v) is 2.95. The topological polar surface area (TPSA) is 41.1 Å². The maximum atomic E-state index is 11.5. The average molecular weight is 168 g/mol. The number of carbonyl (C=O) groups excluding carboxylic acids is 1. The van der Waals surface area contributed by atoms with Crippen LogP contribution in [-0.2, 0) is 4.79 Å². The van der Waals surface area contributed by atoms with Crippen LogP contribution in [0.1, 0.15) is 33.1 Å². The van der Waals surface area contributed by atoms with Gasteiger partial charge in [0.1, 0.15) is 0 Å². The third kappa shape index (κ3) is 1.12. The molecule has 0 radical (unpaired) electrons. The number of amides is 1. The van der Waals surface area contributed by atoms with Gasteiger partial charge in [0.25, 0.3) is 0 Å². The molecule has 2 unspecified atom stereocenters. The van der Waals surface area contributed by atoms with Gasteiger partial charge in [-0.3, -0.25) is 10.1 Å². The van der Waals surface area contributed by atoms with Crippen LogP contribution in [0.5, 0.6) is 0 Å².